The average molecular weight is 284 g/mol. The van der Waals surface area contributed by atoms with Crippen LogP contribution in [-0.2, 0) is 4.74 Å². The molecule has 0 spiro atoms. The quantitative estimate of drug-likeness (QED) is 0.856. The number of nitrogens with zero attached hydrogens (tertiary/aromatic N) is 1. The van der Waals surface area contributed by atoms with Gasteiger partial charge >= 0.3 is 5.97 Å². The molecule has 0 radical (unpaired) electrons. The third kappa shape index (κ3) is 3.60. The number of hydrogen-bond acceptors (Lipinski definition) is 4. The van der Waals surface area contributed by atoms with E-state index < -0.39 is 11.6 Å². The van der Waals surface area contributed by atoms with Crippen LogP contribution in [0.5, 0.6) is 0 Å². The second kappa shape index (κ2) is 5.56. The first kappa shape index (κ1) is 15.0. The van der Waals surface area contributed by atoms with Gasteiger partial charge in [0, 0.05) is 11.3 Å². The van der Waals surface area contributed by atoms with E-state index in [4.69, 9.17) is 10.5 Å². The Morgan fingerprint density at radius 2 is 1.81 bits per heavy atom. The predicted molar refractivity (Wildman–Crippen MR) is 84.0 cm³/mol. The summed E-state index contributed by atoms with van der Waals surface area (Å²) in [5, 5.41) is 0. The van der Waals surface area contributed by atoms with Gasteiger partial charge in [0.25, 0.3) is 0 Å². The van der Waals surface area contributed by atoms with Crippen molar-refractivity contribution < 1.29 is 9.53 Å². The monoisotopic (exact) mass is 284 g/mol. The Balaban J connectivity index is 2.57. The molecule has 0 saturated heterocycles. The van der Waals surface area contributed by atoms with Gasteiger partial charge < -0.3 is 10.5 Å². The average Bonchev–Trinajstić information content (AvgIpc) is 2.36. The summed E-state index contributed by atoms with van der Waals surface area (Å²) >= 11 is 0. The van der Waals surface area contributed by atoms with Crippen molar-refractivity contribution in [1.82, 2.24) is 4.98 Å². The predicted octanol–water partition coefficient (Wildman–Crippen LogP) is 3.59. The third-order valence-corrected chi connectivity index (χ3v) is 2.86. The summed E-state index contributed by atoms with van der Waals surface area (Å²) in [6.45, 7) is 7.32. The summed E-state index contributed by atoms with van der Waals surface area (Å²) in [5.41, 5.74) is 8.08. The number of carbonyl (C=O) groups excluding carboxylic acids is 1. The second-order valence-electron chi connectivity index (χ2n) is 5.94. The minimum absolute atomic E-state index is 0.335. The summed E-state index contributed by atoms with van der Waals surface area (Å²) in [7, 11) is 0. The van der Waals surface area contributed by atoms with Crippen molar-refractivity contribution in [2.75, 3.05) is 5.73 Å². The molecule has 0 aliphatic rings. The lowest BCUT2D eigenvalue weighted by molar-refractivity contribution is 0.00702. The van der Waals surface area contributed by atoms with Crippen molar-refractivity contribution in [3.8, 4) is 11.1 Å². The first-order valence-electron chi connectivity index (χ1n) is 6.84. The van der Waals surface area contributed by atoms with Gasteiger partial charge in [-0.05, 0) is 39.3 Å². The molecule has 21 heavy (non-hydrogen) atoms. The Morgan fingerprint density at radius 1 is 1.19 bits per heavy atom. The lowest BCUT2D eigenvalue weighted by atomic mass is 9.99. The van der Waals surface area contributed by atoms with Gasteiger partial charge in [0.15, 0.2) is 0 Å². The fourth-order valence-corrected chi connectivity index (χ4v) is 2.10. The lowest BCUT2D eigenvalue weighted by Crippen LogP contribution is -2.24. The molecule has 110 valence electrons. The standard InChI is InChI=1S/C17H20N2O2/c1-11-10-13(16(20)21-17(2,3)4)14(15(18)19-11)12-8-6-5-7-9-12/h5-10H,1-4H3,(H2,18,19). The molecule has 1 aromatic heterocycles. The van der Waals surface area contributed by atoms with Gasteiger partial charge in [-0.1, -0.05) is 30.3 Å². The highest BCUT2D eigenvalue weighted by molar-refractivity contribution is 6.00. The molecule has 0 bridgehead atoms. The number of nitrogen functional groups attached to an aromatic ring is 1. The van der Waals surface area contributed by atoms with Crippen molar-refractivity contribution in [1.29, 1.82) is 0 Å². The van der Waals surface area contributed by atoms with E-state index in [1.54, 1.807) is 13.0 Å². The van der Waals surface area contributed by atoms with E-state index in [9.17, 15) is 4.79 Å². The molecular weight excluding hydrogens is 264 g/mol. The molecule has 1 aromatic carbocycles. The SMILES string of the molecule is Cc1cc(C(=O)OC(C)(C)C)c(-c2ccccc2)c(N)n1. The van der Waals surface area contributed by atoms with Gasteiger partial charge in [0.1, 0.15) is 11.4 Å². The Hall–Kier alpha value is -2.36. The summed E-state index contributed by atoms with van der Waals surface area (Å²) in [5.74, 6) is -0.0550. The molecule has 0 saturated carbocycles. The molecule has 0 aliphatic heterocycles. The van der Waals surface area contributed by atoms with E-state index in [1.165, 1.54) is 0 Å². The number of benzene rings is 1. The number of aromatic nitrogens is 1. The highest BCUT2D eigenvalue weighted by atomic mass is 16.6. The van der Waals surface area contributed by atoms with E-state index in [2.05, 4.69) is 4.98 Å². The fourth-order valence-electron chi connectivity index (χ4n) is 2.10. The van der Waals surface area contributed by atoms with Crippen LogP contribution < -0.4 is 5.73 Å². The molecule has 4 nitrogen and oxygen atoms in total. The van der Waals surface area contributed by atoms with Crippen LogP contribution in [0.15, 0.2) is 36.4 Å². The number of esters is 1. The molecule has 0 aliphatic carbocycles. The molecule has 0 fully saturated rings. The largest absolute Gasteiger partial charge is 0.456 e. The Kier molecular flexibility index (Phi) is 3.98. The molecule has 0 unspecified atom stereocenters. The minimum atomic E-state index is -0.559. The summed E-state index contributed by atoms with van der Waals surface area (Å²) in [4.78, 5) is 16.7. The Morgan fingerprint density at radius 3 is 2.38 bits per heavy atom. The normalized spacial score (nSPS) is 11.2. The van der Waals surface area contributed by atoms with E-state index in [0.29, 0.717) is 22.6 Å². The Bertz CT molecular complexity index is 658. The maximum atomic E-state index is 12.5. The topological polar surface area (TPSA) is 65.2 Å². The van der Waals surface area contributed by atoms with E-state index >= 15 is 0 Å². The first-order chi connectivity index (χ1) is 9.78. The van der Waals surface area contributed by atoms with Gasteiger partial charge in [-0.3, -0.25) is 0 Å². The highest BCUT2D eigenvalue weighted by Gasteiger charge is 2.23. The summed E-state index contributed by atoms with van der Waals surface area (Å²) in [6, 6.07) is 11.2. The van der Waals surface area contributed by atoms with Crippen molar-refractivity contribution in [3.63, 3.8) is 0 Å². The number of aryl methyl sites for hydroxylation is 1. The third-order valence-electron chi connectivity index (χ3n) is 2.86. The van der Waals surface area contributed by atoms with Crippen LogP contribution in [0.1, 0.15) is 36.8 Å². The molecule has 2 aromatic rings. The van der Waals surface area contributed by atoms with Crippen molar-refractivity contribution in [2.45, 2.75) is 33.3 Å². The zero-order valence-corrected chi connectivity index (χ0v) is 12.8. The van der Waals surface area contributed by atoms with Crippen molar-refractivity contribution in [2.24, 2.45) is 0 Å². The van der Waals surface area contributed by atoms with Crippen LogP contribution >= 0.6 is 0 Å². The number of hydrogen-bond donors (Lipinski definition) is 1. The summed E-state index contributed by atoms with van der Waals surface area (Å²) < 4.78 is 5.47. The van der Waals surface area contributed by atoms with Crippen molar-refractivity contribution in [3.05, 3.63) is 47.7 Å². The zero-order valence-electron chi connectivity index (χ0n) is 12.8. The smallest absolute Gasteiger partial charge is 0.339 e. The van der Waals surface area contributed by atoms with Crippen LogP contribution in [-0.4, -0.2) is 16.6 Å². The molecular formula is C17H20N2O2. The Labute approximate surface area is 125 Å². The van der Waals surface area contributed by atoms with Crippen LogP contribution in [0.25, 0.3) is 11.1 Å². The maximum absolute atomic E-state index is 12.5. The van der Waals surface area contributed by atoms with Gasteiger partial charge in [0.05, 0.1) is 5.56 Å². The van der Waals surface area contributed by atoms with Gasteiger partial charge in [-0.15, -0.1) is 0 Å². The van der Waals surface area contributed by atoms with E-state index in [1.807, 2.05) is 51.1 Å². The number of rotatable bonds is 2. The minimum Gasteiger partial charge on any atom is -0.456 e. The first-order valence-corrected chi connectivity index (χ1v) is 6.84. The van der Waals surface area contributed by atoms with E-state index in [-0.39, 0.29) is 0 Å². The fraction of sp³-hybridized carbons (Fsp3) is 0.294. The maximum Gasteiger partial charge on any atom is 0.339 e. The van der Waals surface area contributed by atoms with Crippen LogP contribution in [0, 0.1) is 6.92 Å². The number of ether oxygens (including phenoxy) is 1. The lowest BCUT2D eigenvalue weighted by Gasteiger charge is -2.21. The zero-order chi connectivity index (χ0) is 15.6. The molecule has 2 rings (SSSR count). The molecule has 0 amide bonds. The number of carbonyl (C=O) groups is 1. The van der Waals surface area contributed by atoms with Crippen LogP contribution in [0.4, 0.5) is 5.82 Å². The van der Waals surface area contributed by atoms with Gasteiger partial charge in [0.2, 0.25) is 0 Å². The molecule has 0 atom stereocenters. The van der Waals surface area contributed by atoms with Crippen LogP contribution in [0.3, 0.4) is 0 Å². The second-order valence-corrected chi connectivity index (χ2v) is 5.94. The number of anilines is 1. The van der Waals surface area contributed by atoms with Gasteiger partial charge in [-0.2, -0.15) is 0 Å². The summed E-state index contributed by atoms with van der Waals surface area (Å²) in [6.07, 6.45) is 0. The van der Waals surface area contributed by atoms with E-state index in [0.717, 1.165) is 5.56 Å². The molecule has 1 heterocycles. The molecule has 4 heteroatoms. The van der Waals surface area contributed by atoms with Gasteiger partial charge in [-0.25, -0.2) is 9.78 Å². The van der Waals surface area contributed by atoms with Crippen LogP contribution in [0.2, 0.25) is 0 Å². The highest BCUT2D eigenvalue weighted by Crippen LogP contribution is 2.30. The van der Waals surface area contributed by atoms with Crippen molar-refractivity contribution >= 4 is 11.8 Å². The number of nitrogens with two attached hydrogens (primary N) is 1. The molecule has 2 N–H and O–H groups in total. The number of pyridine rings is 1.